The van der Waals surface area contributed by atoms with E-state index in [0.717, 1.165) is 31.2 Å². The maximum absolute atomic E-state index is 12.5. The van der Waals surface area contributed by atoms with Gasteiger partial charge in [-0.05, 0) is 43.4 Å². The standard InChI is InChI=1S/C17H18OS/c1-2-14-9-10-15(19-14)11-13-8-7-12-5-3-4-6-16(12)17(13)18/h3-6,9-10,13H,2,7-8,11H2,1H3. The smallest absolute Gasteiger partial charge is 0.166 e. The first kappa shape index (κ1) is 12.6. The van der Waals surface area contributed by atoms with Gasteiger partial charge in [0, 0.05) is 21.2 Å². The van der Waals surface area contributed by atoms with Crippen LogP contribution in [0.25, 0.3) is 0 Å². The molecule has 1 aromatic heterocycles. The molecule has 1 heterocycles. The third kappa shape index (κ3) is 2.50. The fraction of sp³-hybridized carbons (Fsp3) is 0.353. The summed E-state index contributed by atoms with van der Waals surface area (Å²) in [5.74, 6) is 0.520. The van der Waals surface area contributed by atoms with Gasteiger partial charge in [0.1, 0.15) is 0 Å². The van der Waals surface area contributed by atoms with E-state index in [2.05, 4.69) is 25.1 Å². The van der Waals surface area contributed by atoms with E-state index in [1.807, 2.05) is 29.5 Å². The normalized spacial score (nSPS) is 18.4. The highest BCUT2D eigenvalue weighted by Gasteiger charge is 2.27. The number of benzene rings is 1. The van der Waals surface area contributed by atoms with Gasteiger partial charge >= 0.3 is 0 Å². The number of thiophene rings is 1. The summed E-state index contributed by atoms with van der Waals surface area (Å²) in [4.78, 5) is 15.3. The number of aryl methyl sites for hydroxylation is 2. The molecule has 1 aliphatic rings. The Hall–Kier alpha value is -1.41. The quantitative estimate of drug-likeness (QED) is 0.812. The van der Waals surface area contributed by atoms with Crippen LogP contribution in [0.2, 0.25) is 0 Å². The van der Waals surface area contributed by atoms with Gasteiger partial charge in [0.05, 0.1) is 0 Å². The minimum absolute atomic E-state index is 0.179. The van der Waals surface area contributed by atoms with Gasteiger partial charge < -0.3 is 0 Å². The molecule has 98 valence electrons. The number of fused-ring (bicyclic) bond motifs is 1. The van der Waals surface area contributed by atoms with E-state index in [4.69, 9.17) is 0 Å². The lowest BCUT2D eigenvalue weighted by Gasteiger charge is -2.22. The Labute approximate surface area is 118 Å². The molecule has 2 aromatic rings. The molecule has 1 atom stereocenters. The Morgan fingerprint density at radius 3 is 2.74 bits per heavy atom. The lowest BCUT2D eigenvalue weighted by Crippen LogP contribution is -2.24. The maximum atomic E-state index is 12.5. The van der Waals surface area contributed by atoms with Crippen molar-refractivity contribution in [1.82, 2.24) is 0 Å². The number of rotatable bonds is 3. The Kier molecular flexibility index (Phi) is 3.52. The lowest BCUT2D eigenvalue weighted by molar-refractivity contribution is 0.0902. The molecule has 0 saturated heterocycles. The molecule has 0 spiro atoms. The number of ketones is 1. The molecule has 0 fully saturated rings. The molecule has 0 radical (unpaired) electrons. The monoisotopic (exact) mass is 270 g/mol. The van der Waals surface area contributed by atoms with Crippen molar-refractivity contribution in [2.45, 2.75) is 32.6 Å². The summed E-state index contributed by atoms with van der Waals surface area (Å²) in [6.07, 6.45) is 4.04. The van der Waals surface area contributed by atoms with Crippen LogP contribution in [-0.4, -0.2) is 5.78 Å². The number of carbonyl (C=O) groups excluding carboxylic acids is 1. The third-order valence-corrected chi connectivity index (χ3v) is 5.18. The van der Waals surface area contributed by atoms with Crippen molar-refractivity contribution in [3.05, 3.63) is 57.3 Å². The zero-order chi connectivity index (χ0) is 13.2. The molecule has 0 N–H and O–H groups in total. The first-order chi connectivity index (χ1) is 9.28. The Morgan fingerprint density at radius 1 is 1.16 bits per heavy atom. The number of hydrogen-bond acceptors (Lipinski definition) is 2. The highest BCUT2D eigenvalue weighted by atomic mass is 32.1. The van der Waals surface area contributed by atoms with Gasteiger partial charge in [0.25, 0.3) is 0 Å². The van der Waals surface area contributed by atoms with Crippen molar-refractivity contribution in [1.29, 1.82) is 0 Å². The van der Waals surface area contributed by atoms with Crippen molar-refractivity contribution in [2.75, 3.05) is 0 Å². The predicted octanol–water partition coefficient (Wildman–Crippen LogP) is 4.30. The second kappa shape index (κ2) is 5.30. The van der Waals surface area contributed by atoms with Gasteiger partial charge in [-0.1, -0.05) is 31.2 Å². The van der Waals surface area contributed by atoms with Crippen molar-refractivity contribution in [3.8, 4) is 0 Å². The van der Waals surface area contributed by atoms with Gasteiger partial charge in [-0.3, -0.25) is 4.79 Å². The first-order valence-electron chi connectivity index (χ1n) is 6.97. The third-order valence-electron chi connectivity index (χ3n) is 3.93. The predicted molar refractivity (Wildman–Crippen MR) is 80.0 cm³/mol. The minimum atomic E-state index is 0.179. The van der Waals surface area contributed by atoms with Crippen molar-refractivity contribution >= 4 is 17.1 Å². The molecule has 0 bridgehead atoms. The molecule has 1 nitrogen and oxygen atoms in total. The molecule has 0 aliphatic heterocycles. The minimum Gasteiger partial charge on any atom is -0.294 e. The van der Waals surface area contributed by atoms with Crippen molar-refractivity contribution < 1.29 is 4.79 Å². The molecule has 19 heavy (non-hydrogen) atoms. The fourth-order valence-corrected chi connectivity index (χ4v) is 3.86. The Bertz CT molecular complexity index is 597. The average Bonchev–Trinajstić information content (AvgIpc) is 2.90. The van der Waals surface area contributed by atoms with E-state index < -0.39 is 0 Å². The van der Waals surface area contributed by atoms with Crippen LogP contribution in [0.1, 0.15) is 39.0 Å². The molecule has 3 rings (SSSR count). The molecular formula is C17H18OS. The van der Waals surface area contributed by atoms with Crippen LogP contribution >= 0.6 is 11.3 Å². The molecular weight excluding hydrogens is 252 g/mol. The van der Waals surface area contributed by atoms with Crippen LogP contribution in [0.3, 0.4) is 0 Å². The highest BCUT2D eigenvalue weighted by molar-refractivity contribution is 7.12. The van der Waals surface area contributed by atoms with E-state index in [1.165, 1.54) is 15.3 Å². The van der Waals surface area contributed by atoms with Gasteiger partial charge in [0.2, 0.25) is 0 Å². The van der Waals surface area contributed by atoms with E-state index in [0.29, 0.717) is 5.78 Å². The van der Waals surface area contributed by atoms with E-state index >= 15 is 0 Å². The second-order valence-electron chi connectivity index (χ2n) is 5.18. The summed E-state index contributed by atoms with van der Waals surface area (Å²) >= 11 is 1.86. The Morgan fingerprint density at radius 2 is 1.95 bits per heavy atom. The van der Waals surface area contributed by atoms with Crippen LogP contribution in [0.4, 0.5) is 0 Å². The van der Waals surface area contributed by atoms with E-state index in [9.17, 15) is 4.79 Å². The summed E-state index contributed by atoms with van der Waals surface area (Å²) in [5.41, 5.74) is 2.18. The van der Waals surface area contributed by atoms with Crippen LogP contribution in [0.5, 0.6) is 0 Å². The Balaban J connectivity index is 1.79. The topological polar surface area (TPSA) is 17.1 Å². The highest BCUT2D eigenvalue weighted by Crippen LogP contribution is 2.29. The van der Waals surface area contributed by atoms with Gasteiger partial charge in [-0.25, -0.2) is 0 Å². The SMILES string of the molecule is CCc1ccc(CC2CCc3ccccc3C2=O)s1. The summed E-state index contributed by atoms with van der Waals surface area (Å²) in [5, 5.41) is 0. The van der Waals surface area contributed by atoms with Crippen LogP contribution < -0.4 is 0 Å². The maximum Gasteiger partial charge on any atom is 0.166 e. The second-order valence-corrected chi connectivity index (χ2v) is 6.44. The molecule has 0 amide bonds. The van der Waals surface area contributed by atoms with Crippen LogP contribution in [0, 0.1) is 5.92 Å². The number of Topliss-reactive ketones (excluding diaryl/α,β-unsaturated/α-hetero) is 1. The summed E-state index contributed by atoms with van der Waals surface area (Å²) in [6.45, 7) is 2.18. The zero-order valence-electron chi connectivity index (χ0n) is 11.2. The van der Waals surface area contributed by atoms with E-state index in [1.54, 1.807) is 0 Å². The van der Waals surface area contributed by atoms with Crippen molar-refractivity contribution in [3.63, 3.8) is 0 Å². The first-order valence-corrected chi connectivity index (χ1v) is 7.79. The fourth-order valence-electron chi connectivity index (χ4n) is 2.82. The van der Waals surface area contributed by atoms with E-state index in [-0.39, 0.29) is 5.92 Å². The average molecular weight is 270 g/mol. The molecule has 1 aromatic carbocycles. The summed E-state index contributed by atoms with van der Waals surface area (Å²) < 4.78 is 0. The molecule has 2 heteroatoms. The van der Waals surface area contributed by atoms with Gasteiger partial charge in [-0.15, -0.1) is 11.3 Å². The van der Waals surface area contributed by atoms with Crippen LogP contribution in [-0.2, 0) is 19.3 Å². The summed E-state index contributed by atoms with van der Waals surface area (Å²) in [7, 11) is 0. The molecule has 1 aliphatic carbocycles. The van der Waals surface area contributed by atoms with Gasteiger partial charge in [-0.2, -0.15) is 0 Å². The summed E-state index contributed by atoms with van der Waals surface area (Å²) in [6, 6.07) is 12.5. The molecule has 0 saturated carbocycles. The zero-order valence-corrected chi connectivity index (χ0v) is 12.0. The molecule has 1 unspecified atom stereocenters. The number of carbonyl (C=O) groups is 1. The van der Waals surface area contributed by atoms with Crippen LogP contribution in [0.15, 0.2) is 36.4 Å². The van der Waals surface area contributed by atoms with Crippen molar-refractivity contribution in [2.24, 2.45) is 5.92 Å². The number of hydrogen-bond donors (Lipinski definition) is 0. The van der Waals surface area contributed by atoms with Gasteiger partial charge in [0.15, 0.2) is 5.78 Å². The lowest BCUT2D eigenvalue weighted by atomic mass is 9.81. The largest absolute Gasteiger partial charge is 0.294 e.